The molecule has 0 radical (unpaired) electrons. The molecule has 114 valence electrons. The number of sulfonamides is 1. The Morgan fingerprint density at radius 2 is 1.65 bits per heavy atom. The lowest BCUT2D eigenvalue weighted by atomic mass is 10.3. The van der Waals surface area contributed by atoms with Crippen LogP contribution in [0.15, 0.2) is 24.3 Å². The Kier molecular flexibility index (Phi) is 5.82. The summed E-state index contributed by atoms with van der Waals surface area (Å²) >= 11 is 0. The van der Waals surface area contributed by atoms with E-state index in [2.05, 4.69) is 4.72 Å². The van der Waals surface area contributed by atoms with Crippen molar-refractivity contribution >= 4 is 25.8 Å². The number of nitrogens with one attached hydrogen (secondary N) is 1. The van der Waals surface area contributed by atoms with Crippen molar-refractivity contribution in [2.45, 2.75) is 26.2 Å². The number of hydrogen-bond acceptors (Lipinski definition) is 5. The monoisotopic (exact) mass is 321 g/mol. The lowest BCUT2D eigenvalue weighted by Crippen LogP contribution is -2.14. The first-order valence-electron chi connectivity index (χ1n) is 6.22. The van der Waals surface area contributed by atoms with E-state index in [1.165, 1.54) is 24.3 Å². The van der Waals surface area contributed by atoms with Crippen molar-refractivity contribution < 1.29 is 21.0 Å². The normalized spacial score (nSPS) is 12.1. The number of unbranched alkanes of at least 4 members (excludes halogenated alkanes) is 2. The Morgan fingerprint density at radius 1 is 1.05 bits per heavy atom. The van der Waals surface area contributed by atoms with Crippen LogP contribution in [0.1, 0.15) is 26.2 Å². The highest BCUT2D eigenvalue weighted by molar-refractivity contribution is 7.92. The third-order valence-electron chi connectivity index (χ3n) is 2.38. The van der Waals surface area contributed by atoms with Gasteiger partial charge >= 0.3 is 10.1 Å². The van der Waals surface area contributed by atoms with Gasteiger partial charge in [-0.2, -0.15) is 8.42 Å². The van der Waals surface area contributed by atoms with Gasteiger partial charge in [-0.15, -0.1) is 0 Å². The number of benzene rings is 1. The second-order valence-corrected chi connectivity index (χ2v) is 7.89. The highest BCUT2D eigenvalue weighted by atomic mass is 32.2. The van der Waals surface area contributed by atoms with Crippen molar-refractivity contribution in [1.82, 2.24) is 0 Å². The van der Waals surface area contributed by atoms with Crippen molar-refractivity contribution in [1.29, 1.82) is 0 Å². The van der Waals surface area contributed by atoms with Crippen molar-refractivity contribution in [2.75, 3.05) is 16.7 Å². The first kappa shape index (κ1) is 16.8. The smallest absolute Gasteiger partial charge is 0.309 e. The summed E-state index contributed by atoms with van der Waals surface area (Å²) in [5.41, 5.74) is 0.350. The molecule has 0 aliphatic rings. The Balaban J connectivity index is 2.65. The fourth-order valence-corrected chi connectivity index (χ4v) is 3.12. The van der Waals surface area contributed by atoms with Crippen LogP contribution in [0.2, 0.25) is 0 Å². The van der Waals surface area contributed by atoms with Crippen LogP contribution in [0.25, 0.3) is 0 Å². The first-order chi connectivity index (χ1) is 9.22. The Labute approximate surface area is 120 Å². The zero-order valence-corrected chi connectivity index (χ0v) is 13.1. The molecule has 0 aliphatic heterocycles. The van der Waals surface area contributed by atoms with Crippen LogP contribution >= 0.6 is 0 Å². The zero-order chi connectivity index (χ0) is 15.2. The minimum absolute atomic E-state index is 0.0236. The van der Waals surface area contributed by atoms with E-state index in [0.29, 0.717) is 12.1 Å². The third kappa shape index (κ3) is 6.76. The molecule has 1 rings (SSSR count). The van der Waals surface area contributed by atoms with Gasteiger partial charge in [-0.3, -0.25) is 4.72 Å². The van der Waals surface area contributed by atoms with Crippen LogP contribution in [0.3, 0.4) is 0 Å². The topological polar surface area (TPSA) is 89.5 Å². The highest BCUT2D eigenvalue weighted by Gasteiger charge is 2.12. The minimum atomic E-state index is -3.59. The zero-order valence-electron chi connectivity index (χ0n) is 11.5. The summed E-state index contributed by atoms with van der Waals surface area (Å²) in [7, 11) is -6.94. The molecule has 0 saturated carbocycles. The molecule has 1 aromatic carbocycles. The van der Waals surface area contributed by atoms with Crippen LogP contribution in [-0.2, 0) is 20.1 Å². The van der Waals surface area contributed by atoms with E-state index in [1.807, 2.05) is 6.92 Å². The van der Waals surface area contributed by atoms with Gasteiger partial charge in [0.15, 0.2) is 0 Å². The lowest BCUT2D eigenvalue weighted by Gasteiger charge is -2.08. The molecule has 0 unspecified atom stereocenters. The highest BCUT2D eigenvalue weighted by Crippen LogP contribution is 2.18. The average molecular weight is 321 g/mol. The van der Waals surface area contributed by atoms with Gasteiger partial charge in [-0.05, 0) is 30.7 Å². The van der Waals surface area contributed by atoms with Crippen molar-refractivity contribution in [3.05, 3.63) is 24.3 Å². The molecular weight excluding hydrogens is 302 g/mol. The fraction of sp³-hybridized carbons (Fsp3) is 0.500. The minimum Gasteiger partial charge on any atom is -0.382 e. The standard InChI is InChI=1S/C12H19NO5S2/c1-3-4-5-10-20(16,17)18-12-8-6-11(7-9-12)13-19(2,14)15/h6-9,13H,3-5,10H2,1-2H3. The summed E-state index contributed by atoms with van der Waals surface area (Å²) in [5, 5.41) is 0. The maximum absolute atomic E-state index is 11.7. The maximum atomic E-state index is 11.7. The van der Waals surface area contributed by atoms with Crippen molar-refractivity contribution in [3.63, 3.8) is 0 Å². The summed E-state index contributed by atoms with van der Waals surface area (Å²) in [5.74, 6) is 0.144. The molecule has 0 bridgehead atoms. The molecule has 0 atom stereocenters. The molecule has 0 saturated heterocycles. The Morgan fingerprint density at radius 3 is 2.15 bits per heavy atom. The molecule has 0 heterocycles. The summed E-state index contributed by atoms with van der Waals surface area (Å²) < 4.78 is 52.6. The van der Waals surface area contributed by atoms with Gasteiger partial charge in [-0.25, -0.2) is 8.42 Å². The SMILES string of the molecule is CCCCCS(=O)(=O)Oc1ccc(NS(C)(=O)=O)cc1. The number of rotatable bonds is 8. The summed E-state index contributed by atoms with van der Waals surface area (Å²) in [6.07, 6.45) is 3.36. The van der Waals surface area contributed by atoms with Gasteiger partial charge in [0.05, 0.1) is 12.0 Å². The largest absolute Gasteiger partial charge is 0.382 e. The summed E-state index contributed by atoms with van der Waals surface area (Å²) in [6.45, 7) is 1.99. The first-order valence-corrected chi connectivity index (χ1v) is 9.69. The predicted octanol–water partition coefficient (Wildman–Crippen LogP) is 1.96. The molecule has 0 aromatic heterocycles. The van der Waals surface area contributed by atoms with Crippen molar-refractivity contribution in [2.24, 2.45) is 0 Å². The molecule has 0 fully saturated rings. The van der Waals surface area contributed by atoms with E-state index in [0.717, 1.165) is 19.1 Å². The maximum Gasteiger partial charge on any atom is 0.309 e. The second-order valence-electron chi connectivity index (χ2n) is 4.45. The quantitative estimate of drug-likeness (QED) is 0.584. The molecular formula is C12H19NO5S2. The van der Waals surface area contributed by atoms with Gasteiger partial charge in [-0.1, -0.05) is 19.8 Å². The molecule has 0 aliphatic carbocycles. The van der Waals surface area contributed by atoms with Gasteiger partial charge in [0, 0.05) is 5.69 Å². The van der Waals surface area contributed by atoms with Gasteiger partial charge in [0.25, 0.3) is 0 Å². The van der Waals surface area contributed by atoms with E-state index in [-0.39, 0.29) is 11.5 Å². The predicted molar refractivity (Wildman–Crippen MR) is 78.8 cm³/mol. The van der Waals surface area contributed by atoms with E-state index in [1.54, 1.807) is 0 Å². The molecule has 0 amide bonds. The van der Waals surface area contributed by atoms with Gasteiger partial charge in [0.2, 0.25) is 10.0 Å². The van der Waals surface area contributed by atoms with Gasteiger partial charge in [0.1, 0.15) is 5.75 Å². The number of hydrogen-bond donors (Lipinski definition) is 1. The van der Waals surface area contributed by atoms with E-state index in [9.17, 15) is 16.8 Å². The Hall–Kier alpha value is -1.28. The van der Waals surface area contributed by atoms with Crippen molar-refractivity contribution in [3.8, 4) is 5.75 Å². The molecule has 8 heteroatoms. The van der Waals surface area contributed by atoms with Crippen LogP contribution in [0, 0.1) is 0 Å². The summed E-state index contributed by atoms with van der Waals surface area (Å²) in [4.78, 5) is 0. The second kappa shape index (κ2) is 6.94. The van der Waals surface area contributed by atoms with Crippen LogP contribution in [0.5, 0.6) is 5.75 Å². The molecule has 1 aromatic rings. The molecule has 1 N–H and O–H groups in total. The van der Waals surface area contributed by atoms with E-state index < -0.39 is 20.1 Å². The molecule has 0 spiro atoms. The van der Waals surface area contributed by atoms with E-state index >= 15 is 0 Å². The average Bonchev–Trinajstić information content (AvgIpc) is 2.30. The van der Waals surface area contributed by atoms with E-state index in [4.69, 9.17) is 4.18 Å². The lowest BCUT2D eigenvalue weighted by molar-refractivity contribution is 0.483. The third-order valence-corrected chi connectivity index (χ3v) is 4.22. The summed E-state index contributed by atoms with van der Waals surface area (Å²) in [6, 6.07) is 5.70. The molecule has 6 nitrogen and oxygen atoms in total. The van der Waals surface area contributed by atoms with Gasteiger partial charge < -0.3 is 4.18 Å². The number of anilines is 1. The fourth-order valence-electron chi connectivity index (χ4n) is 1.51. The van der Waals surface area contributed by atoms with Crippen LogP contribution in [-0.4, -0.2) is 28.8 Å². The van der Waals surface area contributed by atoms with Crippen LogP contribution < -0.4 is 8.91 Å². The Bertz CT molecular complexity index is 620. The molecule has 20 heavy (non-hydrogen) atoms. The van der Waals surface area contributed by atoms with Crippen LogP contribution in [0.4, 0.5) is 5.69 Å².